The largest absolute Gasteiger partial charge is 0.495 e. The summed E-state index contributed by atoms with van der Waals surface area (Å²) in [4.78, 5) is 11.0. The first-order chi connectivity index (χ1) is 9.13. The lowest BCUT2D eigenvalue weighted by atomic mass is 9.89. The van der Waals surface area contributed by atoms with Crippen molar-refractivity contribution in [1.82, 2.24) is 0 Å². The Morgan fingerprint density at radius 1 is 1.47 bits per heavy atom. The van der Waals surface area contributed by atoms with Crippen LogP contribution in [0.4, 0.5) is 5.69 Å². The first-order valence-electron chi connectivity index (χ1n) is 6.43. The van der Waals surface area contributed by atoms with E-state index in [-0.39, 0.29) is 5.56 Å². The van der Waals surface area contributed by atoms with Crippen LogP contribution in [0.15, 0.2) is 18.2 Å². The van der Waals surface area contributed by atoms with Gasteiger partial charge < -0.3 is 19.9 Å². The summed E-state index contributed by atoms with van der Waals surface area (Å²) >= 11 is 0. The molecule has 1 aliphatic carbocycles. The van der Waals surface area contributed by atoms with Crippen molar-refractivity contribution in [3.05, 3.63) is 23.8 Å². The van der Waals surface area contributed by atoms with Crippen molar-refractivity contribution in [2.45, 2.75) is 31.9 Å². The molecule has 0 radical (unpaired) electrons. The Labute approximate surface area is 112 Å². The lowest BCUT2D eigenvalue weighted by Crippen LogP contribution is -2.40. The van der Waals surface area contributed by atoms with Gasteiger partial charge in [-0.3, -0.25) is 0 Å². The van der Waals surface area contributed by atoms with Crippen molar-refractivity contribution in [3.63, 3.8) is 0 Å². The Morgan fingerprint density at radius 3 is 2.79 bits per heavy atom. The van der Waals surface area contributed by atoms with E-state index in [4.69, 9.17) is 14.6 Å². The lowest BCUT2D eigenvalue weighted by molar-refractivity contribution is 0.00294. The molecule has 104 valence electrons. The Morgan fingerprint density at radius 2 is 2.21 bits per heavy atom. The molecule has 2 N–H and O–H groups in total. The number of aromatic carboxylic acids is 1. The van der Waals surface area contributed by atoms with Gasteiger partial charge in [0.05, 0.1) is 24.5 Å². The van der Waals surface area contributed by atoms with Gasteiger partial charge >= 0.3 is 5.97 Å². The van der Waals surface area contributed by atoms with Crippen molar-refractivity contribution >= 4 is 11.7 Å². The van der Waals surface area contributed by atoms with Gasteiger partial charge in [0.1, 0.15) is 5.75 Å². The Bertz CT molecular complexity index is 455. The fraction of sp³-hybridized carbons (Fsp3) is 0.500. The standard InChI is InChI=1S/C14H19NO4/c1-3-19-11-7-10(8-11)15-12-6-9(14(16)17)4-5-13(12)18-2/h4-6,10-11,15H,3,7-8H2,1-2H3,(H,16,17). The summed E-state index contributed by atoms with van der Waals surface area (Å²) in [5, 5.41) is 12.3. The van der Waals surface area contributed by atoms with Crippen LogP contribution in [0, 0.1) is 0 Å². The van der Waals surface area contributed by atoms with Crippen LogP contribution in [0.3, 0.4) is 0 Å². The highest BCUT2D eigenvalue weighted by atomic mass is 16.5. The van der Waals surface area contributed by atoms with Crippen LogP contribution in [-0.2, 0) is 4.74 Å². The molecule has 0 saturated heterocycles. The SMILES string of the molecule is CCOC1CC(Nc2cc(C(=O)O)ccc2OC)C1. The van der Waals surface area contributed by atoms with Crippen LogP contribution in [0.2, 0.25) is 0 Å². The molecular formula is C14H19NO4. The molecule has 0 atom stereocenters. The van der Waals surface area contributed by atoms with Crippen LogP contribution in [0.25, 0.3) is 0 Å². The smallest absolute Gasteiger partial charge is 0.335 e. The summed E-state index contributed by atoms with van der Waals surface area (Å²) in [7, 11) is 1.57. The first-order valence-corrected chi connectivity index (χ1v) is 6.43. The molecule has 5 heteroatoms. The number of nitrogens with one attached hydrogen (secondary N) is 1. The van der Waals surface area contributed by atoms with E-state index in [9.17, 15) is 4.79 Å². The molecule has 0 spiro atoms. The number of anilines is 1. The third-order valence-corrected chi connectivity index (χ3v) is 3.30. The van der Waals surface area contributed by atoms with Gasteiger partial charge in [-0.05, 0) is 38.0 Å². The zero-order valence-electron chi connectivity index (χ0n) is 11.2. The Balaban J connectivity index is 2.03. The maximum absolute atomic E-state index is 11.0. The molecule has 5 nitrogen and oxygen atoms in total. The van der Waals surface area contributed by atoms with Gasteiger partial charge in [0.15, 0.2) is 0 Å². The second kappa shape index (κ2) is 5.93. The van der Waals surface area contributed by atoms with Crippen molar-refractivity contribution in [2.24, 2.45) is 0 Å². The minimum absolute atomic E-state index is 0.254. The summed E-state index contributed by atoms with van der Waals surface area (Å²) < 4.78 is 10.7. The molecule has 0 aromatic heterocycles. The average Bonchev–Trinajstić information content (AvgIpc) is 2.36. The Kier molecular flexibility index (Phi) is 4.27. The molecule has 2 rings (SSSR count). The third kappa shape index (κ3) is 3.17. The van der Waals surface area contributed by atoms with E-state index in [0.717, 1.165) is 25.1 Å². The molecule has 1 aromatic rings. The van der Waals surface area contributed by atoms with Crippen LogP contribution in [0.5, 0.6) is 5.75 Å². The zero-order valence-corrected chi connectivity index (χ0v) is 11.2. The summed E-state index contributed by atoms with van der Waals surface area (Å²) in [6, 6.07) is 5.13. The second-order valence-electron chi connectivity index (χ2n) is 4.61. The molecule has 0 aliphatic heterocycles. The minimum Gasteiger partial charge on any atom is -0.495 e. The van der Waals surface area contributed by atoms with Crippen LogP contribution >= 0.6 is 0 Å². The summed E-state index contributed by atoms with van der Waals surface area (Å²) in [5.74, 6) is -0.281. The van der Waals surface area contributed by atoms with Crippen LogP contribution in [0.1, 0.15) is 30.1 Å². The van der Waals surface area contributed by atoms with E-state index in [1.807, 2.05) is 6.92 Å². The topological polar surface area (TPSA) is 67.8 Å². The number of carboxylic acid groups (broad SMARTS) is 1. The third-order valence-electron chi connectivity index (χ3n) is 3.30. The number of benzene rings is 1. The molecule has 1 saturated carbocycles. The van der Waals surface area contributed by atoms with Crippen molar-refractivity contribution in [3.8, 4) is 5.75 Å². The molecule has 0 amide bonds. The maximum Gasteiger partial charge on any atom is 0.335 e. The van der Waals surface area contributed by atoms with Gasteiger partial charge in [-0.1, -0.05) is 0 Å². The number of methoxy groups -OCH3 is 1. The van der Waals surface area contributed by atoms with E-state index in [1.165, 1.54) is 6.07 Å². The van der Waals surface area contributed by atoms with Gasteiger partial charge in [-0.2, -0.15) is 0 Å². The lowest BCUT2D eigenvalue weighted by Gasteiger charge is -2.36. The van der Waals surface area contributed by atoms with Crippen LogP contribution in [-0.4, -0.2) is 36.9 Å². The number of hydrogen-bond acceptors (Lipinski definition) is 4. The molecule has 0 unspecified atom stereocenters. The van der Waals surface area contributed by atoms with Gasteiger partial charge in [0.25, 0.3) is 0 Å². The fourth-order valence-corrected chi connectivity index (χ4v) is 2.23. The number of hydrogen-bond donors (Lipinski definition) is 2. The predicted octanol–water partition coefficient (Wildman–Crippen LogP) is 2.37. The van der Waals surface area contributed by atoms with E-state index in [0.29, 0.717) is 17.9 Å². The molecular weight excluding hydrogens is 246 g/mol. The Hall–Kier alpha value is -1.75. The molecule has 1 aliphatic rings. The minimum atomic E-state index is -0.938. The number of carbonyl (C=O) groups is 1. The highest BCUT2D eigenvalue weighted by molar-refractivity contribution is 5.89. The van der Waals surface area contributed by atoms with Crippen molar-refractivity contribution < 1.29 is 19.4 Å². The molecule has 19 heavy (non-hydrogen) atoms. The summed E-state index contributed by atoms with van der Waals surface area (Å²) in [6.45, 7) is 2.72. The van der Waals surface area contributed by atoms with Crippen molar-refractivity contribution in [2.75, 3.05) is 19.0 Å². The van der Waals surface area contributed by atoms with Crippen molar-refractivity contribution in [1.29, 1.82) is 0 Å². The monoisotopic (exact) mass is 265 g/mol. The molecule has 0 bridgehead atoms. The molecule has 1 aromatic carbocycles. The van der Waals surface area contributed by atoms with E-state index in [2.05, 4.69) is 5.32 Å². The maximum atomic E-state index is 11.0. The highest BCUT2D eigenvalue weighted by Crippen LogP contribution is 2.32. The quantitative estimate of drug-likeness (QED) is 0.826. The predicted molar refractivity (Wildman–Crippen MR) is 72.0 cm³/mol. The normalized spacial score (nSPS) is 21.6. The first kappa shape index (κ1) is 13.7. The van der Waals surface area contributed by atoms with Gasteiger partial charge in [0, 0.05) is 12.6 Å². The summed E-state index contributed by atoms with van der Waals surface area (Å²) in [6.07, 6.45) is 2.19. The molecule has 0 heterocycles. The van der Waals surface area contributed by atoms with Gasteiger partial charge in [0.2, 0.25) is 0 Å². The van der Waals surface area contributed by atoms with E-state index >= 15 is 0 Å². The second-order valence-corrected chi connectivity index (χ2v) is 4.61. The number of rotatable bonds is 6. The van der Waals surface area contributed by atoms with E-state index < -0.39 is 5.97 Å². The highest BCUT2D eigenvalue weighted by Gasteiger charge is 2.30. The number of ether oxygens (including phenoxy) is 2. The van der Waals surface area contributed by atoms with Gasteiger partial charge in [-0.25, -0.2) is 4.79 Å². The molecule has 1 fully saturated rings. The van der Waals surface area contributed by atoms with Gasteiger partial charge in [-0.15, -0.1) is 0 Å². The van der Waals surface area contributed by atoms with Crippen LogP contribution < -0.4 is 10.1 Å². The average molecular weight is 265 g/mol. The zero-order chi connectivity index (χ0) is 13.8. The van der Waals surface area contributed by atoms with E-state index in [1.54, 1.807) is 19.2 Å². The summed E-state index contributed by atoms with van der Waals surface area (Å²) in [5.41, 5.74) is 0.978. The fourth-order valence-electron chi connectivity index (χ4n) is 2.23. The number of carboxylic acids is 1.